The van der Waals surface area contributed by atoms with Crippen molar-refractivity contribution in [3.8, 4) is 11.5 Å². The van der Waals surface area contributed by atoms with Gasteiger partial charge in [0, 0.05) is 23.3 Å². The largest absolute Gasteiger partial charge is 0.466 e. The lowest BCUT2D eigenvalue weighted by Gasteiger charge is -2.40. The van der Waals surface area contributed by atoms with E-state index in [4.69, 9.17) is 23.7 Å². The minimum absolute atomic E-state index is 0.178. The number of rotatable bonds is 4. The molecule has 7 nitrogen and oxygen atoms in total. The molecule has 2 aliphatic rings. The van der Waals surface area contributed by atoms with Crippen LogP contribution in [0, 0.1) is 0 Å². The maximum Gasteiger partial charge on any atom is 0.330 e. The van der Waals surface area contributed by atoms with Crippen LogP contribution in [0.25, 0.3) is 12.2 Å². The summed E-state index contributed by atoms with van der Waals surface area (Å²) in [7, 11) is 2.68. The van der Waals surface area contributed by atoms with Crippen molar-refractivity contribution in [1.82, 2.24) is 0 Å². The molecular weight excluding hydrogens is 472 g/mol. The van der Waals surface area contributed by atoms with Gasteiger partial charge in [0.25, 0.3) is 0 Å². The molecule has 2 aromatic rings. The Kier molecular flexibility index (Phi) is 6.95. The fourth-order valence-corrected chi connectivity index (χ4v) is 4.19. The number of carbonyl (C=O) groups excluding carboxylic acids is 2. The van der Waals surface area contributed by atoms with Gasteiger partial charge in [-0.15, -0.1) is 0 Å². The quantitative estimate of drug-likeness (QED) is 0.363. The van der Waals surface area contributed by atoms with Gasteiger partial charge in [0.2, 0.25) is 12.6 Å². The van der Waals surface area contributed by atoms with Crippen LogP contribution in [0.4, 0.5) is 0 Å². The Morgan fingerprint density at radius 3 is 1.41 bits per heavy atom. The first-order valence-electron chi connectivity index (χ1n) is 12.2. The average molecular weight is 507 g/mol. The predicted molar refractivity (Wildman–Crippen MR) is 140 cm³/mol. The Hall–Kier alpha value is -3.58. The lowest BCUT2D eigenvalue weighted by atomic mass is 9.83. The Morgan fingerprint density at radius 1 is 0.703 bits per heavy atom. The molecule has 0 aliphatic carbocycles. The Labute approximate surface area is 218 Å². The smallest absolute Gasteiger partial charge is 0.330 e. The molecule has 2 aromatic carbocycles. The maximum atomic E-state index is 11.9. The highest BCUT2D eigenvalue weighted by Gasteiger charge is 2.41. The number of fused-ring (bicyclic) bond motifs is 6. The average Bonchev–Trinajstić information content (AvgIpc) is 2.84. The third-order valence-corrected chi connectivity index (χ3v) is 6.43. The minimum Gasteiger partial charge on any atom is -0.466 e. The van der Waals surface area contributed by atoms with Crippen LogP contribution < -0.4 is 9.47 Å². The van der Waals surface area contributed by atoms with Gasteiger partial charge in [0.05, 0.1) is 25.3 Å². The molecule has 0 aromatic heterocycles. The van der Waals surface area contributed by atoms with Crippen LogP contribution in [0.5, 0.6) is 11.5 Å². The third kappa shape index (κ3) is 5.42. The highest BCUT2D eigenvalue weighted by molar-refractivity contribution is 5.88. The first-order valence-corrected chi connectivity index (χ1v) is 12.2. The van der Waals surface area contributed by atoms with Crippen LogP contribution in [-0.4, -0.2) is 26.2 Å². The van der Waals surface area contributed by atoms with E-state index < -0.39 is 24.5 Å². The van der Waals surface area contributed by atoms with Crippen molar-refractivity contribution in [3.63, 3.8) is 0 Å². The number of hydrogen-bond acceptors (Lipinski definition) is 7. The molecule has 0 N–H and O–H groups in total. The van der Waals surface area contributed by atoms with E-state index in [2.05, 4.69) is 41.5 Å². The summed E-state index contributed by atoms with van der Waals surface area (Å²) >= 11 is 0. The molecule has 37 heavy (non-hydrogen) atoms. The minimum atomic E-state index is -0.736. The molecule has 0 fully saturated rings. The van der Waals surface area contributed by atoms with Gasteiger partial charge in [-0.3, -0.25) is 4.74 Å². The molecule has 2 heterocycles. The highest BCUT2D eigenvalue weighted by atomic mass is 16.8. The van der Waals surface area contributed by atoms with E-state index >= 15 is 0 Å². The van der Waals surface area contributed by atoms with Gasteiger partial charge in [-0.05, 0) is 58.4 Å². The van der Waals surface area contributed by atoms with Crippen molar-refractivity contribution in [2.75, 3.05) is 14.2 Å². The van der Waals surface area contributed by atoms with Crippen LogP contribution >= 0.6 is 0 Å². The summed E-state index contributed by atoms with van der Waals surface area (Å²) in [6.07, 6.45) is 4.66. The van der Waals surface area contributed by atoms with E-state index in [0.717, 1.165) is 33.4 Å². The van der Waals surface area contributed by atoms with Gasteiger partial charge in [-0.25, -0.2) is 9.59 Å². The molecular formula is C30H34O7. The summed E-state index contributed by atoms with van der Waals surface area (Å²) in [5.41, 5.74) is 4.62. The Bertz CT molecular complexity index is 1190. The highest BCUT2D eigenvalue weighted by Crippen LogP contribution is 2.52. The summed E-state index contributed by atoms with van der Waals surface area (Å²) in [6, 6.07) is 8.06. The lowest BCUT2D eigenvalue weighted by Crippen LogP contribution is -2.32. The lowest BCUT2D eigenvalue weighted by molar-refractivity contribution is -0.227. The van der Waals surface area contributed by atoms with Crippen molar-refractivity contribution >= 4 is 24.1 Å². The number of esters is 2. The molecule has 2 aliphatic heterocycles. The van der Waals surface area contributed by atoms with Gasteiger partial charge in [0.1, 0.15) is 11.5 Å². The van der Waals surface area contributed by atoms with E-state index in [1.807, 2.05) is 24.3 Å². The third-order valence-electron chi connectivity index (χ3n) is 6.43. The first-order chi connectivity index (χ1) is 17.3. The molecule has 7 heteroatoms. The van der Waals surface area contributed by atoms with Crippen molar-refractivity contribution in [3.05, 3.63) is 69.8 Å². The van der Waals surface area contributed by atoms with E-state index in [0.29, 0.717) is 11.5 Å². The maximum absolute atomic E-state index is 11.9. The van der Waals surface area contributed by atoms with Gasteiger partial charge in [0.15, 0.2) is 0 Å². The molecule has 2 unspecified atom stereocenters. The molecule has 0 spiro atoms. The van der Waals surface area contributed by atoms with Crippen molar-refractivity contribution < 1.29 is 33.3 Å². The van der Waals surface area contributed by atoms with Crippen LogP contribution in [0.3, 0.4) is 0 Å². The summed E-state index contributed by atoms with van der Waals surface area (Å²) in [5.74, 6) is 0.266. The normalized spacial score (nSPS) is 18.6. The molecule has 2 atom stereocenters. The fraction of sp³-hybridized carbons (Fsp3) is 0.400. The zero-order valence-corrected chi connectivity index (χ0v) is 22.6. The molecule has 0 saturated heterocycles. The van der Waals surface area contributed by atoms with Gasteiger partial charge >= 0.3 is 11.9 Å². The second-order valence-corrected chi connectivity index (χ2v) is 11.2. The summed E-state index contributed by atoms with van der Waals surface area (Å²) in [6.45, 7) is 12.6. The first kappa shape index (κ1) is 26.5. The van der Waals surface area contributed by atoms with E-state index in [-0.39, 0.29) is 10.8 Å². The zero-order chi connectivity index (χ0) is 27.1. The number of carbonyl (C=O) groups is 2. The number of methoxy groups -OCH3 is 2. The molecule has 0 saturated carbocycles. The van der Waals surface area contributed by atoms with E-state index in [1.54, 1.807) is 12.2 Å². The topological polar surface area (TPSA) is 80.3 Å². The van der Waals surface area contributed by atoms with E-state index in [9.17, 15) is 9.59 Å². The van der Waals surface area contributed by atoms with Crippen molar-refractivity contribution in [2.45, 2.75) is 65.0 Å². The molecule has 4 rings (SSSR count). The number of benzene rings is 2. The molecule has 0 radical (unpaired) electrons. The monoisotopic (exact) mass is 506 g/mol. The standard InChI is InChI=1S/C30H34O7/c1-29(2,3)19-13-17(9-11-23(31)33-7)25-21(15-19)27-36-26-18(10-12-24(32)34-8)14-20(30(4,5)6)16-22(26)28(35-25)37-27/h9-16,27-28H,1-8H3. The molecule has 196 valence electrons. The van der Waals surface area contributed by atoms with Crippen LogP contribution in [0.1, 0.15) is 87.5 Å². The second-order valence-electron chi connectivity index (χ2n) is 11.2. The zero-order valence-electron chi connectivity index (χ0n) is 22.6. The SMILES string of the molecule is COC(=O)C=Cc1cc(C(C)(C)C)cc2c1OC1OC2Oc2c(C=CC(=O)OC)cc(C(C)(C)C)cc21. The molecule has 0 amide bonds. The molecule has 2 bridgehead atoms. The van der Waals surface area contributed by atoms with Crippen LogP contribution in [-0.2, 0) is 34.6 Å². The Balaban J connectivity index is 1.87. The number of hydrogen-bond donors (Lipinski definition) is 0. The van der Waals surface area contributed by atoms with Gasteiger partial charge < -0.3 is 18.9 Å². The summed E-state index contributed by atoms with van der Waals surface area (Å²) in [5, 5.41) is 0. The van der Waals surface area contributed by atoms with Gasteiger partial charge in [-0.1, -0.05) is 41.5 Å². The second kappa shape index (κ2) is 9.71. The van der Waals surface area contributed by atoms with Crippen molar-refractivity contribution in [2.24, 2.45) is 0 Å². The van der Waals surface area contributed by atoms with E-state index in [1.165, 1.54) is 26.4 Å². The Morgan fingerprint density at radius 2 is 1.08 bits per heavy atom. The van der Waals surface area contributed by atoms with Crippen LogP contribution in [0.2, 0.25) is 0 Å². The van der Waals surface area contributed by atoms with Crippen LogP contribution in [0.15, 0.2) is 36.4 Å². The predicted octanol–water partition coefficient (Wildman–Crippen LogP) is 6.15. The number of ether oxygens (including phenoxy) is 5. The summed E-state index contributed by atoms with van der Waals surface area (Å²) < 4.78 is 28.7. The fourth-order valence-electron chi connectivity index (χ4n) is 4.19. The summed E-state index contributed by atoms with van der Waals surface area (Å²) in [4.78, 5) is 23.7. The van der Waals surface area contributed by atoms with Gasteiger partial charge in [-0.2, -0.15) is 0 Å². The van der Waals surface area contributed by atoms with Crippen molar-refractivity contribution in [1.29, 1.82) is 0 Å².